The Hall–Kier alpha value is -3.16. The summed E-state index contributed by atoms with van der Waals surface area (Å²) < 4.78 is 32.0. The molecule has 0 saturated heterocycles. The minimum Gasteiger partial charge on any atom is -0.312 e. The average Bonchev–Trinajstić information content (AvgIpc) is 3.10. The van der Waals surface area contributed by atoms with Gasteiger partial charge in [-0.2, -0.15) is 4.68 Å². The first kappa shape index (κ1) is 19.8. The van der Waals surface area contributed by atoms with Gasteiger partial charge in [0, 0.05) is 23.6 Å². The molecule has 4 aromatic rings. The van der Waals surface area contributed by atoms with E-state index in [4.69, 9.17) is 17.3 Å². The first-order chi connectivity index (χ1) is 15.1. The van der Waals surface area contributed by atoms with E-state index < -0.39 is 11.6 Å². The zero-order chi connectivity index (χ0) is 21.4. The summed E-state index contributed by atoms with van der Waals surface area (Å²) in [6.45, 7) is 2.43. The predicted molar refractivity (Wildman–Crippen MR) is 117 cm³/mol. The highest BCUT2D eigenvalue weighted by atomic mass is 32.1. The van der Waals surface area contributed by atoms with Crippen molar-refractivity contribution in [3.8, 4) is 17.1 Å². The molecule has 1 atom stereocenters. The minimum atomic E-state index is -0.674. The minimum absolute atomic E-state index is 0.190. The third-order valence-electron chi connectivity index (χ3n) is 5.70. The van der Waals surface area contributed by atoms with Crippen molar-refractivity contribution in [2.45, 2.75) is 19.6 Å². The Balaban J connectivity index is 1.56. The van der Waals surface area contributed by atoms with E-state index in [1.54, 1.807) is 9.25 Å². The van der Waals surface area contributed by atoms with Crippen molar-refractivity contribution in [3.63, 3.8) is 0 Å². The summed E-state index contributed by atoms with van der Waals surface area (Å²) in [7, 11) is 0. The molecule has 1 N–H and O–H groups in total. The number of halogens is 2. The molecule has 0 bridgehead atoms. The second-order valence-corrected chi connectivity index (χ2v) is 8.12. The van der Waals surface area contributed by atoms with Gasteiger partial charge in [-0.1, -0.05) is 54.6 Å². The van der Waals surface area contributed by atoms with Crippen LogP contribution in [0.15, 0.2) is 72.8 Å². The second-order valence-electron chi connectivity index (χ2n) is 7.76. The van der Waals surface area contributed by atoms with Gasteiger partial charge in [0.05, 0.1) is 12.2 Å². The van der Waals surface area contributed by atoms with Crippen molar-refractivity contribution in [2.75, 3.05) is 6.54 Å². The Bertz CT molecular complexity index is 1300. The molecule has 4 nitrogen and oxygen atoms in total. The number of nitrogens with one attached hydrogen (secondary N) is 1. The molecule has 7 heteroatoms. The lowest BCUT2D eigenvalue weighted by molar-refractivity contribution is -0.939. The molecule has 5 rings (SSSR count). The Labute approximate surface area is 184 Å². The SMILES string of the molecule is Fc1ccc(-n2c(-c3ccccc3)nn(C[NH+]3CCc4ccccc4C3)c2=S)c(F)c1. The Morgan fingerprint density at radius 2 is 1.68 bits per heavy atom. The fourth-order valence-electron chi connectivity index (χ4n) is 4.15. The van der Waals surface area contributed by atoms with Crippen molar-refractivity contribution >= 4 is 12.2 Å². The van der Waals surface area contributed by atoms with Gasteiger partial charge in [-0.3, -0.25) is 4.57 Å². The van der Waals surface area contributed by atoms with Crippen LogP contribution in [0.1, 0.15) is 11.1 Å². The van der Waals surface area contributed by atoms with Crippen molar-refractivity contribution in [1.82, 2.24) is 14.3 Å². The first-order valence-corrected chi connectivity index (χ1v) is 10.6. The van der Waals surface area contributed by atoms with Crippen LogP contribution < -0.4 is 4.90 Å². The van der Waals surface area contributed by atoms with E-state index >= 15 is 0 Å². The van der Waals surface area contributed by atoms with Crippen LogP contribution in [0.2, 0.25) is 0 Å². The zero-order valence-electron chi connectivity index (χ0n) is 16.8. The number of benzene rings is 3. The molecule has 0 radical (unpaired) electrons. The maximum absolute atomic E-state index is 14.7. The van der Waals surface area contributed by atoms with Crippen LogP contribution in [-0.2, 0) is 19.6 Å². The molecule has 156 valence electrons. The lowest BCUT2D eigenvalue weighted by Crippen LogP contribution is -3.11. The molecule has 0 fully saturated rings. The molecule has 0 amide bonds. The van der Waals surface area contributed by atoms with E-state index in [1.807, 2.05) is 30.3 Å². The predicted octanol–water partition coefficient (Wildman–Crippen LogP) is 3.95. The summed E-state index contributed by atoms with van der Waals surface area (Å²) in [6, 6.07) is 21.5. The third kappa shape index (κ3) is 3.82. The molecule has 0 aliphatic carbocycles. The number of nitrogens with zero attached hydrogens (tertiary/aromatic N) is 3. The summed E-state index contributed by atoms with van der Waals surface area (Å²) in [5.41, 5.74) is 3.73. The molecule has 0 spiro atoms. The van der Waals surface area contributed by atoms with Crippen molar-refractivity contribution in [2.24, 2.45) is 0 Å². The van der Waals surface area contributed by atoms with Gasteiger partial charge in [0.15, 0.2) is 12.5 Å². The third-order valence-corrected chi connectivity index (χ3v) is 6.10. The molecule has 1 aliphatic rings. The molecular formula is C24H21F2N4S+. The monoisotopic (exact) mass is 435 g/mol. The second kappa shape index (κ2) is 8.17. The standard InChI is InChI=1S/C24H20F2N4S/c25-20-10-11-22(21(26)14-20)30-23(18-7-2-1-3-8-18)27-29(24(30)31)16-28-13-12-17-6-4-5-9-19(17)15-28/h1-11,14H,12-13,15-16H2/p+1. The molecule has 1 aliphatic heterocycles. The Morgan fingerprint density at radius 1 is 0.935 bits per heavy atom. The zero-order valence-corrected chi connectivity index (χ0v) is 17.6. The topological polar surface area (TPSA) is 27.2 Å². The van der Waals surface area contributed by atoms with Gasteiger partial charge in [0.1, 0.15) is 18.2 Å². The number of hydrogen-bond donors (Lipinski definition) is 1. The van der Waals surface area contributed by atoms with E-state index in [1.165, 1.54) is 28.2 Å². The Morgan fingerprint density at radius 3 is 2.45 bits per heavy atom. The van der Waals surface area contributed by atoms with Crippen LogP contribution in [-0.4, -0.2) is 20.9 Å². The van der Waals surface area contributed by atoms with Gasteiger partial charge in [0.2, 0.25) is 4.77 Å². The number of quaternary nitrogens is 1. The largest absolute Gasteiger partial charge is 0.312 e. The molecule has 1 unspecified atom stereocenters. The van der Waals surface area contributed by atoms with Crippen LogP contribution in [0, 0.1) is 16.4 Å². The van der Waals surface area contributed by atoms with Gasteiger partial charge in [-0.25, -0.2) is 8.78 Å². The van der Waals surface area contributed by atoms with Gasteiger partial charge in [-0.15, -0.1) is 5.10 Å². The number of rotatable bonds is 4. The average molecular weight is 436 g/mol. The molecular weight excluding hydrogens is 414 g/mol. The lowest BCUT2D eigenvalue weighted by Gasteiger charge is -2.25. The van der Waals surface area contributed by atoms with Crippen molar-refractivity contribution in [3.05, 3.63) is 100 Å². The van der Waals surface area contributed by atoms with E-state index in [-0.39, 0.29) is 5.69 Å². The fraction of sp³-hybridized carbons (Fsp3) is 0.167. The molecule has 31 heavy (non-hydrogen) atoms. The summed E-state index contributed by atoms with van der Waals surface area (Å²) >= 11 is 5.72. The van der Waals surface area contributed by atoms with Crippen LogP contribution in [0.3, 0.4) is 0 Å². The van der Waals surface area contributed by atoms with Crippen molar-refractivity contribution in [1.29, 1.82) is 0 Å². The van der Waals surface area contributed by atoms with Crippen LogP contribution >= 0.6 is 12.2 Å². The quantitative estimate of drug-likeness (QED) is 0.492. The maximum atomic E-state index is 14.7. The first-order valence-electron chi connectivity index (χ1n) is 10.2. The van der Waals surface area contributed by atoms with Gasteiger partial charge < -0.3 is 4.90 Å². The normalized spacial score (nSPS) is 15.6. The highest BCUT2D eigenvalue weighted by Gasteiger charge is 2.23. The maximum Gasteiger partial charge on any atom is 0.207 e. The number of hydrogen-bond acceptors (Lipinski definition) is 2. The molecule has 3 aromatic carbocycles. The van der Waals surface area contributed by atoms with Gasteiger partial charge >= 0.3 is 0 Å². The number of fused-ring (bicyclic) bond motifs is 1. The summed E-state index contributed by atoms with van der Waals surface area (Å²) in [5, 5.41) is 4.76. The smallest absolute Gasteiger partial charge is 0.207 e. The molecule has 2 heterocycles. The highest BCUT2D eigenvalue weighted by Crippen LogP contribution is 2.24. The molecule has 0 saturated carbocycles. The number of aromatic nitrogens is 3. The van der Waals surface area contributed by atoms with E-state index in [0.29, 0.717) is 17.3 Å². The summed E-state index contributed by atoms with van der Waals surface area (Å²) in [5.74, 6) is -0.766. The van der Waals surface area contributed by atoms with Crippen LogP contribution in [0.25, 0.3) is 17.1 Å². The van der Waals surface area contributed by atoms with Gasteiger partial charge in [0.25, 0.3) is 0 Å². The van der Waals surface area contributed by atoms with E-state index in [9.17, 15) is 8.78 Å². The lowest BCUT2D eigenvalue weighted by atomic mass is 10.0. The van der Waals surface area contributed by atoms with Crippen LogP contribution in [0.5, 0.6) is 0 Å². The van der Waals surface area contributed by atoms with Crippen LogP contribution in [0.4, 0.5) is 8.78 Å². The van der Waals surface area contributed by atoms with E-state index in [0.717, 1.165) is 31.1 Å². The fourth-order valence-corrected chi connectivity index (χ4v) is 4.44. The summed E-state index contributed by atoms with van der Waals surface area (Å²) in [6.07, 6.45) is 0.998. The van der Waals surface area contributed by atoms with E-state index in [2.05, 4.69) is 24.3 Å². The van der Waals surface area contributed by atoms with Crippen molar-refractivity contribution < 1.29 is 13.7 Å². The summed E-state index contributed by atoms with van der Waals surface area (Å²) in [4.78, 5) is 1.33. The highest BCUT2D eigenvalue weighted by molar-refractivity contribution is 7.71. The molecule has 1 aromatic heterocycles. The Kier molecular flexibility index (Phi) is 5.21. The van der Waals surface area contributed by atoms with Gasteiger partial charge in [-0.05, 0) is 29.9 Å².